The summed E-state index contributed by atoms with van der Waals surface area (Å²) in [5.41, 5.74) is 6.74. The minimum absolute atomic E-state index is 0.0332. The number of ketones is 1. The standard InChI is InChI=1S/C26H26N4O/c1-29(2)20-13-9-18(10-14-20)27-24-17-25(26(31)23-8-6-5-7-22(23)24)28-19-11-15-21(16-12-19)30(3)4/h5-16H,17H2,1-4H3. The highest BCUT2D eigenvalue weighted by atomic mass is 16.1. The molecule has 0 radical (unpaired) electrons. The highest BCUT2D eigenvalue weighted by molar-refractivity contribution is 6.53. The van der Waals surface area contributed by atoms with Crippen molar-refractivity contribution in [2.24, 2.45) is 9.98 Å². The Labute approximate surface area is 183 Å². The number of fused-ring (bicyclic) bond motifs is 1. The molecule has 0 spiro atoms. The highest BCUT2D eigenvalue weighted by Crippen LogP contribution is 2.27. The van der Waals surface area contributed by atoms with Gasteiger partial charge in [0.05, 0.1) is 22.8 Å². The molecular weight excluding hydrogens is 384 g/mol. The van der Waals surface area contributed by atoms with E-state index in [0.29, 0.717) is 17.7 Å². The second-order valence-electron chi connectivity index (χ2n) is 7.99. The molecule has 0 saturated heterocycles. The largest absolute Gasteiger partial charge is 0.378 e. The molecule has 0 unspecified atom stereocenters. The lowest BCUT2D eigenvalue weighted by Crippen LogP contribution is -2.27. The van der Waals surface area contributed by atoms with Crippen LogP contribution in [0.2, 0.25) is 0 Å². The van der Waals surface area contributed by atoms with E-state index in [4.69, 9.17) is 4.99 Å². The SMILES string of the molecule is CN(C)c1ccc(N=C2CC(=Nc3ccc(N(C)C)cc3)c3ccccc3C2=O)cc1. The van der Waals surface area contributed by atoms with Gasteiger partial charge in [0.2, 0.25) is 5.78 Å². The minimum Gasteiger partial charge on any atom is -0.378 e. The van der Waals surface area contributed by atoms with Gasteiger partial charge in [-0.1, -0.05) is 24.3 Å². The van der Waals surface area contributed by atoms with Crippen LogP contribution in [0.5, 0.6) is 0 Å². The van der Waals surface area contributed by atoms with Gasteiger partial charge in [0.1, 0.15) is 0 Å². The fraction of sp³-hybridized carbons (Fsp3) is 0.192. The number of carbonyl (C=O) groups is 1. The van der Waals surface area contributed by atoms with Crippen molar-refractivity contribution in [1.82, 2.24) is 0 Å². The summed E-state index contributed by atoms with van der Waals surface area (Å²) in [5.74, 6) is -0.0332. The molecule has 3 aromatic carbocycles. The van der Waals surface area contributed by atoms with Gasteiger partial charge >= 0.3 is 0 Å². The van der Waals surface area contributed by atoms with Crippen LogP contribution in [0.15, 0.2) is 82.8 Å². The average molecular weight is 411 g/mol. The van der Waals surface area contributed by atoms with E-state index in [-0.39, 0.29) is 5.78 Å². The van der Waals surface area contributed by atoms with Crippen LogP contribution in [0.4, 0.5) is 22.7 Å². The van der Waals surface area contributed by atoms with E-state index in [1.165, 1.54) is 0 Å². The fourth-order valence-electron chi connectivity index (χ4n) is 3.57. The number of benzene rings is 3. The zero-order chi connectivity index (χ0) is 22.0. The maximum atomic E-state index is 13.1. The monoisotopic (exact) mass is 410 g/mol. The first-order valence-corrected chi connectivity index (χ1v) is 10.3. The van der Waals surface area contributed by atoms with E-state index in [1.54, 1.807) is 0 Å². The summed E-state index contributed by atoms with van der Waals surface area (Å²) in [7, 11) is 8.02. The summed E-state index contributed by atoms with van der Waals surface area (Å²) in [6.07, 6.45) is 0.403. The van der Waals surface area contributed by atoms with E-state index in [0.717, 1.165) is 34.0 Å². The van der Waals surface area contributed by atoms with E-state index in [9.17, 15) is 4.79 Å². The maximum Gasteiger partial charge on any atom is 0.208 e. The van der Waals surface area contributed by atoms with Crippen molar-refractivity contribution in [3.8, 4) is 0 Å². The summed E-state index contributed by atoms with van der Waals surface area (Å²) in [6.45, 7) is 0. The van der Waals surface area contributed by atoms with Crippen molar-refractivity contribution in [2.45, 2.75) is 6.42 Å². The Balaban J connectivity index is 1.72. The van der Waals surface area contributed by atoms with E-state index < -0.39 is 0 Å². The van der Waals surface area contributed by atoms with Gasteiger partial charge in [-0.3, -0.25) is 9.79 Å². The molecule has 0 aliphatic heterocycles. The van der Waals surface area contributed by atoms with Gasteiger partial charge < -0.3 is 9.80 Å². The number of nitrogens with zero attached hydrogens (tertiary/aromatic N) is 4. The first-order chi connectivity index (χ1) is 14.9. The molecule has 5 nitrogen and oxygen atoms in total. The van der Waals surface area contributed by atoms with Crippen molar-refractivity contribution >= 4 is 40.0 Å². The molecule has 0 atom stereocenters. The lowest BCUT2D eigenvalue weighted by Gasteiger charge is -2.19. The Morgan fingerprint density at radius 1 is 0.613 bits per heavy atom. The topological polar surface area (TPSA) is 48.3 Å². The van der Waals surface area contributed by atoms with E-state index in [2.05, 4.69) is 9.89 Å². The number of rotatable bonds is 4. The molecule has 156 valence electrons. The van der Waals surface area contributed by atoms with Gasteiger partial charge in [0, 0.05) is 57.1 Å². The number of Topliss-reactive ketones (excluding diaryl/α,β-unsaturated/α-hetero) is 1. The molecule has 1 aliphatic rings. The van der Waals surface area contributed by atoms with Crippen LogP contribution in [-0.4, -0.2) is 45.4 Å². The summed E-state index contributed by atoms with van der Waals surface area (Å²) < 4.78 is 0. The Hall–Kier alpha value is -3.73. The van der Waals surface area contributed by atoms with Crippen LogP contribution in [0.1, 0.15) is 22.3 Å². The maximum absolute atomic E-state index is 13.1. The minimum atomic E-state index is -0.0332. The van der Waals surface area contributed by atoms with Crippen molar-refractivity contribution < 1.29 is 4.79 Å². The lowest BCUT2D eigenvalue weighted by atomic mass is 9.87. The molecule has 3 aromatic rings. The Bertz CT molecular complexity index is 1160. The summed E-state index contributed by atoms with van der Waals surface area (Å²) in [4.78, 5) is 26.8. The smallest absolute Gasteiger partial charge is 0.208 e. The van der Waals surface area contributed by atoms with Crippen molar-refractivity contribution in [1.29, 1.82) is 0 Å². The van der Waals surface area contributed by atoms with Crippen molar-refractivity contribution in [2.75, 3.05) is 38.0 Å². The van der Waals surface area contributed by atoms with Gasteiger partial charge in [0.25, 0.3) is 0 Å². The zero-order valence-corrected chi connectivity index (χ0v) is 18.3. The van der Waals surface area contributed by atoms with Crippen LogP contribution in [0, 0.1) is 0 Å². The molecule has 31 heavy (non-hydrogen) atoms. The normalized spacial score (nSPS) is 15.8. The number of hydrogen-bond donors (Lipinski definition) is 0. The van der Waals surface area contributed by atoms with Gasteiger partial charge in [0.15, 0.2) is 0 Å². The molecule has 0 saturated carbocycles. The van der Waals surface area contributed by atoms with Crippen molar-refractivity contribution in [3.63, 3.8) is 0 Å². The third-order valence-corrected chi connectivity index (χ3v) is 5.34. The molecule has 5 heteroatoms. The van der Waals surface area contributed by atoms with Crippen molar-refractivity contribution in [3.05, 3.63) is 83.9 Å². The second-order valence-corrected chi connectivity index (χ2v) is 7.99. The first-order valence-electron chi connectivity index (χ1n) is 10.3. The molecule has 0 fully saturated rings. The molecule has 0 bridgehead atoms. The van der Waals surface area contributed by atoms with Crippen LogP contribution in [0.25, 0.3) is 0 Å². The third kappa shape index (κ3) is 4.40. The summed E-state index contributed by atoms with van der Waals surface area (Å²) >= 11 is 0. The molecule has 0 aromatic heterocycles. The zero-order valence-electron chi connectivity index (χ0n) is 18.3. The highest BCUT2D eigenvalue weighted by Gasteiger charge is 2.27. The number of aliphatic imine (C=N–C) groups is 2. The Kier molecular flexibility index (Phi) is 5.67. The first kappa shape index (κ1) is 20.5. The van der Waals surface area contributed by atoms with E-state index >= 15 is 0 Å². The van der Waals surface area contributed by atoms with Crippen LogP contribution in [-0.2, 0) is 0 Å². The Morgan fingerprint density at radius 3 is 1.55 bits per heavy atom. The van der Waals surface area contributed by atoms with Gasteiger partial charge in [-0.05, 0) is 48.5 Å². The predicted molar refractivity (Wildman–Crippen MR) is 130 cm³/mol. The lowest BCUT2D eigenvalue weighted by molar-refractivity contribution is 0.106. The Morgan fingerprint density at radius 2 is 1.06 bits per heavy atom. The molecule has 0 heterocycles. The van der Waals surface area contributed by atoms with E-state index in [1.807, 2.05) is 106 Å². The quantitative estimate of drug-likeness (QED) is 0.586. The molecule has 1 aliphatic carbocycles. The predicted octanol–water partition coefficient (Wildman–Crippen LogP) is 5.30. The number of anilines is 2. The summed E-state index contributed by atoms with van der Waals surface area (Å²) in [5, 5.41) is 0. The molecular formula is C26H26N4O. The number of carbonyl (C=O) groups excluding carboxylic acids is 1. The molecule has 0 amide bonds. The fourth-order valence-corrected chi connectivity index (χ4v) is 3.57. The molecule has 4 rings (SSSR count). The van der Waals surface area contributed by atoms with Crippen LogP contribution in [0.3, 0.4) is 0 Å². The van der Waals surface area contributed by atoms with Gasteiger partial charge in [-0.2, -0.15) is 0 Å². The second kappa shape index (κ2) is 8.56. The molecule has 0 N–H and O–H groups in total. The van der Waals surface area contributed by atoms with Crippen LogP contribution >= 0.6 is 0 Å². The van der Waals surface area contributed by atoms with Gasteiger partial charge in [-0.15, -0.1) is 0 Å². The summed E-state index contributed by atoms with van der Waals surface area (Å²) in [6, 6.07) is 23.6. The average Bonchev–Trinajstić information content (AvgIpc) is 2.77. The van der Waals surface area contributed by atoms with Crippen LogP contribution < -0.4 is 9.80 Å². The third-order valence-electron chi connectivity index (χ3n) is 5.34. The number of hydrogen-bond acceptors (Lipinski definition) is 5. The van der Waals surface area contributed by atoms with Gasteiger partial charge in [-0.25, -0.2) is 4.99 Å².